The number of aryl methyl sites for hydroxylation is 2. The van der Waals surface area contributed by atoms with Crippen molar-refractivity contribution in [3.05, 3.63) is 82.7 Å². The van der Waals surface area contributed by atoms with Gasteiger partial charge >= 0.3 is 0 Å². The standard InChI is InChI=1S/C23H27N3O2/c1-17-10-8-9-13-21(17)28-15-14-25(4)23(27)22-18(2)24-26(19(22)3)16-20-11-6-5-7-12-20/h5-13H,14-16H2,1-4H3. The first-order valence-electron chi connectivity index (χ1n) is 9.49. The second-order valence-electron chi connectivity index (χ2n) is 7.03. The average Bonchev–Trinajstić information content (AvgIpc) is 2.96. The summed E-state index contributed by atoms with van der Waals surface area (Å²) in [5.41, 5.74) is 4.56. The molecule has 28 heavy (non-hydrogen) atoms. The number of amides is 1. The maximum absolute atomic E-state index is 13.0. The van der Waals surface area contributed by atoms with E-state index in [4.69, 9.17) is 4.74 Å². The first-order valence-corrected chi connectivity index (χ1v) is 9.49. The molecule has 0 bridgehead atoms. The largest absolute Gasteiger partial charge is 0.491 e. The van der Waals surface area contributed by atoms with Crippen molar-refractivity contribution in [2.75, 3.05) is 20.2 Å². The Balaban J connectivity index is 1.65. The van der Waals surface area contributed by atoms with Crippen molar-refractivity contribution in [2.24, 2.45) is 0 Å². The van der Waals surface area contributed by atoms with E-state index in [1.165, 1.54) is 0 Å². The molecule has 2 aromatic carbocycles. The van der Waals surface area contributed by atoms with Gasteiger partial charge in [0.1, 0.15) is 12.4 Å². The number of likely N-dealkylation sites (N-methyl/N-ethyl adjacent to an activating group) is 1. The van der Waals surface area contributed by atoms with E-state index >= 15 is 0 Å². The Hall–Kier alpha value is -3.08. The fourth-order valence-corrected chi connectivity index (χ4v) is 3.22. The van der Waals surface area contributed by atoms with Gasteiger partial charge in [0.2, 0.25) is 0 Å². The molecule has 3 rings (SSSR count). The number of benzene rings is 2. The predicted octanol–water partition coefficient (Wildman–Crippen LogP) is 4.01. The van der Waals surface area contributed by atoms with Gasteiger partial charge in [0.25, 0.3) is 5.91 Å². The number of carbonyl (C=O) groups is 1. The topological polar surface area (TPSA) is 47.4 Å². The lowest BCUT2D eigenvalue weighted by Crippen LogP contribution is -2.31. The van der Waals surface area contributed by atoms with E-state index in [1.807, 2.05) is 67.9 Å². The Kier molecular flexibility index (Phi) is 6.14. The molecule has 146 valence electrons. The van der Waals surface area contributed by atoms with Crippen LogP contribution in [0.5, 0.6) is 5.75 Å². The lowest BCUT2D eigenvalue weighted by molar-refractivity contribution is 0.0772. The molecule has 0 atom stereocenters. The molecule has 1 amide bonds. The highest BCUT2D eigenvalue weighted by atomic mass is 16.5. The molecular weight excluding hydrogens is 350 g/mol. The van der Waals surface area contributed by atoms with Crippen LogP contribution in [-0.2, 0) is 6.54 Å². The minimum Gasteiger partial charge on any atom is -0.491 e. The Labute approximate surface area is 166 Å². The summed E-state index contributed by atoms with van der Waals surface area (Å²) >= 11 is 0. The lowest BCUT2D eigenvalue weighted by atomic mass is 10.1. The molecule has 0 unspecified atom stereocenters. The summed E-state index contributed by atoms with van der Waals surface area (Å²) in [5.74, 6) is 0.828. The number of hydrogen-bond acceptors (Lipinski definition) is 3. The van der Waals surface area contributed by atoms with E-state index in [0.717, 1.165) is 28.3 Å². The molecule has 1 heterocycles. The average molecular weight is 377 g/mol. The summed E-state index contributed by atoms with van der Waals surface area (Å²) in [4.78, 5) is 14.7. The fraction of sp³-hybridized carbons (Fsp3) is 0.304. The van der Waals surface area contributed by atoms with Crippen LogP contribution in [0.25, 0.3) is 0 Å². The van der Waals surface area contributed by atoms with Crippen molar-refractivity contribution >= 4 is 5.91 Å². The molecule has 0 aliphatic rings. The van der Waals surface area contributed by atoms with Crippen molar-refractivity contribution in [3.63, 3.8) is 0 Å². The molecule has 5 nitrogen and oxygen atoms in total. The molecule has 0 radical (unpaired) electrons. The number of para-hydroxylation sites is 1. The van der Waals surface area contributed by atoms with Crippen LogP contribution in [0.15, 0.2) is 54.6 Å². The van der Waals surface area contributed by atoms with Crippen LogP contribution in [0.4, 0.5) is 0 Å². The Bertz CT molecular complexity index is 948. The van der Waals surface area contributed by atoms with Crippen molar-refractivity contribution in [1.29, 1.82) is 0 Å². The van der Waals surface area contributed by atoms with Gasteiger partial charge in [0.15, 0.2) is 0 Å². The molecule has 0 aliphatic heterocycles. The van der Waals surface area contributed by atoms with Crippen LogP contribution in [0, 0.1) is 20.8 Å². The van der Waals surface area contributed by atoms with Crippen molar-refractivity contribution in [3.8, 4) is 5.75 Å². The molecular formula is C23H27N3O2. The monoisotopic (exact) mass is 377 g/mol. The number of carbonyl (C=O) groups excluding carboxylic acids is 1. The van der Waals surface area contributed by atoms with E-state index in [-0.39, 0.29) is 5.91 Å². The third-order valence-corrected chi connectivity index (χ3v) is 4.90. The van der Waals surface area contributed by atoms with Gasteiger partial charge in [0, 0.05) is 12.7 Å². The number of ether oxygens (including phenoxy) is 1. The minimum atomic E-state index is -0.0253. The van der Waals surface area contributed by atoms with Crippen molar-refractivity contribution in [1.82, 2.24) is 14.7 Å². The quantitative estimate of drug-likeness (QED) is 0.625. The highest BCUT2D eigenvalue weighted by Crippen LogP contribution is 2.18. The van der Waals surface area contributed by atoms with E-state index in [9.17, 15) is 4.79 Å². The van der Waals surface area contributed by atoms with Gasteiger partial charge in [-0.05, 0) is 38.0 Å². The van der Waals surface area contributed by atoms with Crippen molar-refractivity contribution < 1.29 is 9.53 Å². The van der Waals surface area contributed by atoms with Gasteiger partial charge < -0.3 is 9.64 Å². The van der Waals surface area contributed by atoms with Gasteiger partial charge in [-0.25, -0.2) is 0 Å². The first kappa shape index (κ1) is 19.7. The zero-order valence-corrected chi connectivity index (χ0v) is 17.0. The van der Waals surface area contributed by atoms with Crippen LogP contribution in [0.2, 0.25) is 0 Å². The molecule has 0 spiro atoms. The van der Waals surface area contributed by atoms with Crippen LogP contribution >= 0.6 is 0 Å². The summed E-state index contributed by atoms with van der Waals surface area (Å²) in [6.07, 6.45) is 0. The van der Waals surface area contributed by atoms with Crippen LogP contribution in [0.3, 0.4) is 0 Å². The number of rotatable bonds is 7. The number of aromatic nitrogens is 2. The normalized spacial score (nSPS) is 10.7. The second kappa shape index (κ2) is 8.74. The maximum atomic E-state index is 13.0. The molecule has 0 fully saturated rings. The first-order chi connectivity index (χ1) is 13.5. The molecule has 0 saturated carbocycles. The highest BCUT2D eigenvalue weighted by Gasteiger charge is 2.21. The van der Waals surface area contributed by atoms with Crippen LogP contribution in [0.1, 0.15) is 32.9 Å². The summed E-state index contributed by atoms with van der Waals surface area (Å²) in [6.45, 7) is 7.46. The van der Waals surface area contributed by atoms with Gasteiger partial charge in [-0.3, -0.25) is 9.48 Å². The molecule has 3 aromatic rings. The summed E-state index contributed by atoms with van der Waals surface area (Å²) in [7, 11) is 1.80. The van der Waals surface area contributed by atoms with E-state index in [0.29, 0.717) is 25.3 Å². The lowest BCUT2D eigenvalue weighted by Gasteiger charge is -2.18. The summed E-state index contributed by atoms with van der Waals surface area (Å²) in [5, 5.41) is 4.59. The third kappa shape index (κ3) is 4.42. The molecule has 0 N–H and O–H groups in total. The summed E-state index contributed by atoms with van der Waals surface area (Å²) < 4.78 is 7.72. The fourth-order valence-electron chi connectivity index (χ4n) is 3.22. The minimum absolute atomic E-state index is 0.0253. The summed E-state index contributed by atoms with van der Waals surface area (Å²) in [6, 6.07) is 18.0. The van der Waals surface area contributed by atoms with E-state index in [2.05, 4.69) is 17.2 Å². The smallest absolute Gasteiger partial charge is 0.257 e. The van der Waals surface area contributed by atoms with Gasteiger partial charge in [-0.15, -0.1) is 0 Å². The molecule has 0 saturated heterocycles. The van der Waals surface area contributed by atoms with E-state index < -0.39 is 0 Å². The third-order valence-electron chi connectivity index (χ3n) is 4.90. The van der Waals surface area contributed by atoms with Gasteiger partial charge in [-0.1, -0.05) is 48.5 Å². The Morgan fingerprint density at radius 2 is 1.71 bits per heavy atom. The molecule has 1 aromatic heterocycles. The number of hydrogen-bond donors (Lipinski definition) is 0. The zero-order valence-electron chi connectivity index (χ0n) is 17.0. The number of nitrogens with zero attached hydrogens (tertiary/aromatic N) is 3. The van der Waals surface area contributed by atoms with Crippen LogP contribution in [-0.4, -0.2) is 40.8 Å². The predicted molar refractivity (Wildman–Crippen MR) is 111 cm³/mol. The Morgan fingerprint density at radius 1 is 1.04 bits per heavy atom. The zero-order chi connectivity index (χ0) is 20.1. The molecule has 5 heteroatoms. The van der Waals surface area contributed by atoms with Gasteiger partial charge in [-0.2, -0.15) is 5.10 Å². The molecule has 0 aliphatic carbocycles. The van der Waals surface area contributed by atoms with E-state index in [1.54, 1.807) is 11.9 Å². The SMILES string of the molecule is Cc1ccccc1OCCN(C)C(=O)c1c(C)nn(Cc2ccccc2)c1C. The van der Waals surface area contributed by atoms with Crippen molar-refractivity contribution in [2.45, 2.75) is 27.3 Å². The van der Waals surface area contributed by atoms with Gasteiger partial charge in [0.05, 0.1) is 24.3 Å². The highest BCUT2D eigenvalue weighted by molar-refractivity contribution is 5.96. The van der Waals surface area contributed by atoms with Crippen LogP contribution < -0.4 is 4.74 Å². The Morgan fingerprint density at radius 3 is 2.43 bits per heavy atom. The second-order valence-corrected chi connectivity index (χ2v) is 7.03. The maximum Gasteiger partial charge on any atom is 0.257 e.